The van der Waals surface area contributed by atoms with Crippen molar-refractivity contribution >= 4 is 12.3 Å². The van der Waals surface area contributed by atoms with Crippen LogP contribution in [-0.2, 0) is 4.74 Å². The van der Waals surface area contributed by atoms with Gasteiger partial charge in [-0.05, 0) is 12.2 Å². The van der Waals surface area contributed by atoms with Gasteiger partial charge in [0.2, 0.25) is 0 Å². The molecule has 0 atom stereocenters. The zero-order chi connectivity index (χ0) is 6.81. The minimum atomic E-state index is 0.977. The molecule has 0 spiro atoms. The highest BCUT2D eigenvalue weighted by Gasteiger charge is 1.87. The molecule has 0 unspecified atom stereocenters. The van der Waals surface area contributed by atoms with Gasteiger partial charge in [0.1, 0.15) is 6.26 Å². The monoisotopic (exact) mass is 134 g/mol. The van der Waals surface area contributed by atoms with E-state index < -0.39 is 0 Å². The van der Waals surface area contributed by atoms with Crippen LogP contribution in [0.2, 0.25) is 0 Å². The fourth-order valence-electron chi connectivity index (χ4n) is 0.826. The molecule has 0 aromatic carbocycles. The van der Waals surface area contributed by atoms with Crippen molar-refractivity contribution in [2.75, 3.05) is 0 Å². The molecule has 2 rings (SSSR count). The second-order valence-electron chi connectivity index (χ2n) is 1.99. The summed E-state index contributed by atoms with van der Waals surface area (Å²) >= 11 is 0. The van der Waals surface area contributed by atoms with Crippen molar-refractivity contribution in [2.24, 2.45) is 0 Å². The van der Waals surface area contributed by atoms with Crippen LogP contribution in [0.15, 0.2) is 18.5 Å². The summed E-state index contributed by atoms with van der Waals surface area (Å²) in [6, 6.07) is 0. The van der Waals surface area contributed by atoms with E-state index in [0.29, 0.717) is 0 Å². The Labute approximate surface area is 57.3 Å². The van der Waals surface area contributed by atoms with E-state index in [2.05, 4.69) is 10.2 Å². The van der Waals surface area contributed by atoms with Crippen LogP contribution in [0.25, 0.3) is 12.3 Å². The van der Waals surface area contributed by atoms with Gasteiger partial charge in [-0.25, -0.2) is 0 Å². The van der Waals surface area contributed by atoms with Crippen molar-refractivity contribution in [3.8, 4) is 0 Å². The molecule has 0 saturated carbocycles. The maximum atomic E-state index is 4.98. The number of nitrogens with one attached hydrogen (secondary N) is 1. The average molecular weight is 134 g/mol. The number of hydrogen-bond acceptors (Lipinski definition) is 2. The Morgan fingerprint density at radius 3 is 3.50 bits per heavy atom. The number of hydrogen-bond donors (Lipinski definition) is 1. The molecule has 1 aromatic rings. The standard InChI is InChI=1S/C7H6N2O/c1-2-7-6(4-8-9-7)5-10-3-1/h1-5,9H. The molecule has 0 bridgehead atoms. The second-order valence-corrected chi connectivity index (χ2v) is 1.99. The van der Waals surface area contributed by atoms with Crippen molar-refractivity contribution in [1.82, 2.24) is 10.2 Å². The number of ether oxygens (including phenoxy) is 1. The van der Waals surface area contributed by atoms with Gasteiger partial charge in [0.15, 0.2) is 0 Å². The van der Waals surface area contributed by atoms with Crippen LogP contribution < -0.4 is 10.6 Å². The molecule has 0 fully saturated rings. The topological polar surface area (TPSA) is 37.9 Å². The average Bonchev–Trinajstić information content (AvgIpc) is 2.28. The van der Waals surface area contributed by atoms with Crippen LogP contribution >= 0.6 is 0 Å². The van der Waals surface area contributed by atoms with Crippen molar-refractivity contribution in [1.29, 1.82) is 0 Å². The van der Waals surface area contributed by atoms with Crippen molar-refractivity contribution < 1.29 is 4.74 Å². The molecule has 10 heavy (non-hydrogen) atoms. The third kappa shape index (κ3) is 0.719. The highest BCUT2D eigenvalue weighted by molar-refractivity contribution is 5.37. The van der Waals surface area contributed by atoms with Gasteiger partial charge in [-0.3, -0.25) is 5.10 Å². The summed E-state index contributed by atoms with van der Waals surface area (Å²) in [7, 11) is 0. The van der Waals surface area contributed by atoms with Crippen LogP contribution in [0.4, 0.5) is 0 Å². The van der Waals surface area contributed by atoms with Crippen LogP contribution in [0.5, 0.6) is 0 Å². The molecule has 0 radical (unpaired) electrons. The molecule has 3 nitrogen and oxygen atoms in total. The Morgan fingerprint density at radius 2 is 2.50 bits per heavy atom. The zero-order valence-corrected chi connectivity index (χ0v) is 5.24. The van der Waals surface area contributed by atoms with E-state index in [9.17, 15) is 0 Å². The summed E-state index contributed by atoms with van der Waals surface area (Å²) in [6.07, 6.45) is 8.72. The van der Waals surface area contributed by atoms with E-state index >= 15 is 0 Å². The highest BCUT2D eigenvalue weighted by Crippen LogP contribution is 1.81. The summed E-state index contributed by atoms with van der Waals surface area (Å²) < 4.78 is 4.98. The van der Waals surface area contributed by atoms with Gasteiger partial charge in [0.25, 0.3) is 0 Å². The van der Waals surface area contributed by atoms with E-state index in [1.54, 1.807) is 18.7 Å². The second kappa shape index (κ2) is 2.02. The van der Waals surface area contributed by atoms with Gasteiger partial charge < -0.3 is 4.74 Å². The van der Waals surface area contributed by atoms with Gasteiger partial charge in [0, 0.05) is 0 Å². The van der Waals surface area contributed by atoms with Crippen LogP contribution in [-0.4, -0.2) is 10.2 Å². The molecule has 1 aromatic heterocycles. The van der Waals surface area contributed by atoms with Crippen molar-refractivity contribution in [3.05, 3.63) is 29.1 Å². The number of aromatic amines is 1. The first-order chi connectivity index (χ1) is 4.97. The molecular weight excluding hydrogens is 128 g/mol. The summed E-state index contributed by atoms with van der Waals surface area (Å²) in [5.74, 6) is 0. The Kier molecular flexibility index (Phi) is 1.07. The smallest absolute Gasteiger partial charge is 0.101 e. The Balaban J connectivity index is 2.82. The lowest BCUT2D eigenvalue weighted by Gasteiger charge is -1.80. The molecular formula is C7H6N2O. The van der Waals surface area contributed by atoms with Gasteiger partial charge in [0.05, 0.1) is 23.0 Å². The molecule has 50 valence electrons. The van der Waals surface area contributed by atoms with Crippen LogP contribution in [0.1, 0.15) is 0 Å². The van der Waals surface area contributed by atoms with Crippen LogP contribution in [0.3, 0.4) is 0 Å². The first-order valence-corrected chi connectivity index (χ1v) is 2.99. The summed E-state index contributed by atoms with van der Waals surface area (Å²) in [5, 5.41) is 8.63. The maximum absolute atomic E-state index is 4.98. The number of aromatic nitrogens is 2. The summed E-state index contributed by atoms with van der Waals surface area (Å²) in [6.45, 7) is 0. The molecule has 3 heteroatoms. The third-order valence-corrected chi connectivity index (χ3v) is 1.31. The van der Waals surface area contributed by atoms with E-state index in [1.807, 2.05) is 12.2 Å². The third-order valence-electron chi connectivity index (χ3n) is 1.31. The zero-order valence-electron chi connectivity index (χ0n) is 5.24. The van der Waals surface area contributed by atoms with Crippen molar-refractivity contribution in [3.63, 3.8) is 0 Å². The first kappa shape index (κ1) is 5.29. The fraction of sp³-hybridized carbons (Fsp3) is 0. The number of H-pyrrole nitrogens is 1. The maximum Gasteiger partial charge on any atom is 0.101 e. The molecule has 0 aliphatic carbocycles. The van der Waals surface area contributed by atoms with E-state index in [4.69, 9.17) is 4.74 Å². The first-order valence-electron chi connectivity index (χ1n) is 2.99. The SMILES string of the molecule is C1=COC=c2cn[nH]c2=C1. The van der Waals surface area contributed by atoms with Gasteiger partial charge in [-0.1, -0.05) is 0 Å². The van der Waals surface area contributed by atoms with Crippen molar-refractivity contribution in [2.45, 2.75) is 0 Å². The Morgan fingerprint density at radius 1 is 1.50 bits per heavy atom. The molecule has 1 aliphatic rings. The molecule has 2 heterocycles. The number of fused-ring (bicyclic) bond motifs is 1. The Bertz CT molecular complexity index is 361. The Hall–Kier alpha value is -1.51. The molecule has 1 aliphatic heterocycles. The molecule has 0 amide bonds. The van der Waals surface area contributed by atoms with E-state index in [0.717, 1.165) is 10.6 Å². The lowest BCUT2D eigenvalue weighted by Crippen LogP contribution is -2.20. The lowest BCUT2D eigenvalue weighted by atomic mass is 10.4. The number of rotatable bonds is 0. The number of allylic oxidation sites excluding steroid dienone is 1. The fourth-order valence-corrected chi connectivity index (χ4v) is 0.826. The van der Waals surface area contributed by atoms with Gasteiger partial charge >= 0.3 is 0 Å². The quantitative estimate of drug-likeness (QED) is 0.518. The van der Waals surface area contributed by atoms with Gasteiger partial charge in [-0.15, -0.1) is 0 Å². The molecule has 0 saturated heterocycles. The molecule has 1 N–H and O–H groups in total. The largest absolute Gasteiger partial charge is 0.472 e. The predicted molar refractivity (Wildman–Crippen MR) is 37.0 cm³/mol. The number of nitrogens with zero attached hydrogens (tertiary/aromatic N) is 1. The van der Waals surface area contributed by atoms with Crippen LogP contribution in [0, 0.1) is 0 Å². The van der Waals surface area contributed by atoms with Gasteiger partial charge in [-0.2, -0.15) is 5.10 Å². The highest BCUT2D eigenvalue weighted by atomic mass is 16.5. The normalized spacial score (nSPS) is 14.0. The minimum absolute atomic E-state index is 0.977. The minimum Gasteiger partial charge on any atom is -0.472 e. The lowest BCUT2D eigenvalue weighted by molar-refractivity contribution is 0.461. The summed E-state index contributed by atoms with van der Waals surface area (Å²) in [4.78, 5) is 0. The predicted octanol–water partition coefficient (Wildman–Crippen LogP) is -0.528. The van der Waals surface area contributed by atoms with E-state index in [-0.39, 0.29) is 0 Å². The van der Waals surface area contributed by atoms with E-state index in [1.165, 1.54) is 0 Å². The summed E-state index contributed by atoms with van der Waals surface area (Å²) in [5.41, 5.74) is 0.